The number of aromatic nitrogens is 1. The lowest BCUT2D eigenvalue weighted by Crippen LogP contribution is -2.35. The molecule has 26 heavy (non-hydrogen) atoms. The number of pyridine rings is 1. The van der Waals surface area contributed by atoms with E-state index in [-0.39, 0.29) is 11.5 Å². The maximum Gasteiger partial charge on any atom is 0.293 e. The largest absolute Gasteiger partial charge is 0.454 e. The number of amides is 1. The Balaban J connectivity index is 1.60. The van der Waals surface area contributed by atoms with Crippen LogP contribution in [-0.2, 0) is 13.0 Å². The van der Waals surface area contributed by atoms with Crippen molar-refractivity contribution in [1.29, 1.82) is 0 Å². The second kappa shape index (κ2) is 6.67. The summed E-state index contributed by atoms with van der Waals surface area (Å²) in [4.78, 5) is 26.7. The van der Waals surface area contributed by atoms with E-state index in [4.69, 9.17) is 4.42 Å². The molecule has 0 radical (unpaired) electrons. The molecule has 132 valence electrons. The van der Waals surface area contributed by atoms with Gasteiger partial charge in [0.15, 0.2) is 5.76 Å². The van der Waals surface area contributed by atoms with Gasteiger partial charge in [-0.2, -0.15) is 0 Å². The summed E-state index contributed by atoms with van der Waals surface area (Å²) in [6, 6.07) is 14.6. The second-order valence-electron chi connectivity index (χ2n) is 6.58. The summed E-state index contributed by atoms with van der Waals surface area (Å²) in [5.74, 6) is 0.760. The Morgan fingerprint density at radius 2 is 2.00 bits per heavy atom. The molecule has 1 aliphatic heterocycles. The molecule has 3 heterocycles. The summed E-state index contributed by atoms with van der Waals surface area (Å²) in [5.41, 5.74) is 3.20. The van der Waals surface area contributed by atoms with Crippen molar-refractivity contribution in [2.24, 2.45) is 0 Å². The van der Waals surface area contributed by atoms with Crippen molar-refractivity contribution in [2.75, 3.05) is 11.4 Å². The Morgan fingerprint density at radius 1 is 1.12 bits per heavy atom. The molecule has 0 saturated carbocycles. The molecular formula is C21H20N2O3. The van der Waals surface area contributed by atoms with Gasteiger partial charge in [0.05, 0.1) is 12.2 Å². The summed E-state index contributed by atoms with van der Waals surface area (Å²) < 4.78 is 7.31. The third kappa shape index (κ3) is 2.96. The fourth-order valence-electron chi connectivity index (χ4n) is 3.52. The maximum atomic E-state index is 13.0. The average molecular weight is 348 g/mol. The Hall–Kier alpha value is -3.08. The van der Waals surface area contributed by atoms with Crippen LogP contribution >= 0.6 is 0 Å². The Morgan fingerprint density at radius 3 is 2.85 bits per heavy atom. The van der Waals surface area contributed by atoms with Crippen molar-refractivity contribution in [2.45, 2.75) is 26.3 Å². The maximum absolute atomic E-state index is 13.0. The summed E-state index contributed by atoms with van der Waals surface area (Å²) in [7, 11) is 0. The van der Waals surface area contributed by atoms with E-state index in [1.165, 1.54) is 11.6 Å². The number of anilines is 1. The minimum absolute atomic E-state index is 0.0997. The number of carbonyl (C=O) groups is 1. The monoisotopic (exact) mass is 348 g/mol. The molecule has 1 amide bonds. The smallest absolute Gasteiger partial charge is 0.293 e. The van der Waals surface area contributed by atoms with Gasteiger partial charge < -0.3 is 13.9 Å². The minimum atomic E-state index is -0.132. The molecule has 0 fully saturated rings. The van der Waals surface area contributed by atoms with Crippen LogP contribution < -0.4 is 10.5 Å². The molecule has 0 unspecified atom stereocenters. The van der Waals surface area contributed by atoms with E-state index >= 15 is 0 Å². The molecule has 4 rings (SSSR count). The predicted molar refractivity (Wildman–Crippen MR) is 99.7 cm³/mol. The van der Waals surface area contributed by atoms with Gasteiger partial charge in [-0.1, -0.05) is 24.3 Å². The van der Waals surface area contributed by atoms with Crippen LogP contribution in [0, 0.1) is 6.92 Å². The van der Waals surface area contributed by atoms with Crippen molar-refractivity contribution in [1.82, 2.24) is 4.57 Å². The summed E-state index contributed by atoms with van der Waals surface area (Å²) in [6.45, 7) is 3.02. The lowest BCUT2D eigenvalue weighted by atomic mass is 9.98. The summed E-state index contributed by atoms with van der Waals surface area (Å²) >= 11 is 0. The fraction of sp³-hybridized carbons (Fsp3) is 0.238. The molecule has 0 aliphatic carbocycles. The highest BCUT2D eigenvalue weighted by molar-refractivity contribution is 6.05. The zero-order valence-corrected chi connectivity index (χ0v) is 14.6. The van der Waals surface area contributed by atoms with Gasteiger partial charge in [-0.05, 0) is 49.1 Å². The zero-order valence-electron chi connectivity index (χ0n) is 14.6. The molecule has 0 spiro atoms. The number of rotatable bonds is 3. The lowest BCUT2D eigenvalue weighted by molar-refractivity contribution is 0.0956. The summed E-state index contributed by atoms with van der Waals surface area (Å²) in [5, 5.41) is 0. The molecule has 0 N–H and O–H groups in total. The highest BCUT2D eigenvalue weighted by atomic mass is 16.4. The van der Waals surface area contributed by atoms with Gasteiger partial charge in [-0.15, -0.1) is 0 Å². The van der Waals surface area contributed by atoms with Crippen molar-refractivity contribution < 1.29 is 9.21 Å². The molecule has 0 atom stereocenters. The van der Waals surface area contributed by atoms with Crippen LogP contribution in [0.15, 0.2) is 63.9 Å². The molecule has 3 aromatic rings. The number of para-hydroxylation sites is 1. The molecule has 1 aliphatic rings. The molecular weight excluding hydrogens is 328 g/mol. The van der Waals surface area contributed by atoms with E-state index in [1.54, 1.807) is 35.0 Å². The van der Waals surface area contributed by atoms with E-state index in [0.29, 0.717) is 24.6 Å². The van der Waals surface area contributed by atoms with Crippen LogP contribution in [0.5, 0.6) is 0 Å². The van der Waals surface area contributed by atoms with Crippen LogP contribution in [0.2, 0.25) is 0 Å². The first-order valence-electron chi connectivity index (χ1n) is 8.78. The third-order valence-corrected chi connectivity index (χ3v) is 4.76. The number of furan rings is 1. The van der Waals surface area contributed by atoms with Crippen LogP contribution in [0.1, 0.15) is 33.9 Å². The van der Waals surface area contributed by atoms with E-state index in [1.807, 2.05) is 24.0 Å². The van der Waals surface area contributed by atoms with Crippen molar-refractivity contribution in [3.63, 3.8) is 0 Å². The normalized spacial score (nSPS) is 13.5. The SMILES string of the molecule is Cc1cccc2c1N(C(=O)c1ccc(Cn3ccccc3=O)o1)CCC2. The molecule has 2 aromatic heterocycles. The van der Waals surface area contributed by atoms with E-state index in [2.05, 4.69) is 6.07 Å². The molecule has 5 nitrogen and oxygen atoms in total. The molecule has 5 heteroatoms. The Kier molecular flexibility index (Phi) is 4.21. The van der Waals surface area contributed by atoms with E-state index in [0.717, 1.165) is 24.1 Å². The number of nitrogens with zero attached hydrogens (tertiary/aromatic N) is 2. The Bertz CT molecular complexity index is 1020. The lowest BCUT2D eigenvalue weighted by Gasteiger charge is -2.30. The van der Waals surface area contributed by atoms with Crippen LogP contribution in [0.4, 0.5) is 5.69 Å². The van der Waals surface area contributed by atoms with Crippen molar-refractivity contribution in [3.05, 3.63) is 87.7 Å². The van der Waals surface area contributed by atoms with Gasteiger partial charge in [0.25, 0.3) is 11.5 Å². The Labute approximate surface area is 151 Å². The number of aryl methyl sites for hydroxylation is 2. The first-order valence-corrected chi connectivity index (χ1v) is 8.78. The minimum Gasteiger partial charge on any atom is -0.454 e. The third-order valence-electron chi connectivity index (χ3n) is 4.76. The quantitative estimate of drug-likeness (QED) is 0.729. The number of hydrogen-bond acceptors (Lipinski definition) is 3. The number of fused-ring (bicyclic) bond motifs is 1. The predicted octanol–water partition coefficient (Wildman–Crippen LogP) is 3.39. The second-order valence-corrected chi connectivity index (χ2v) is 6.58. The van der Waals surface area contributed by atoms with Gasteiger partial charge in [-0.3, -0.25) is 9.59 Å². The summed E-state index contributed by atoms with van der Waals surface area (Å²) in [6.07, 6.45) is 3.63. The molecule has 1 aromatic carbocycles. The number of carbonyl (C=O) groups excluding carboxylic acids is 1. The standard InChI is InChI=1S/C21H20N2O3/c1-15-6-4-7-16-8-5-13-23(20(15)16)21(25)18-11-10-17(26-18)14-22-12-3-2-9-19(22)24/h2-4,6-7,9-12H,5,8,13-14H2,1H3. The van der Waals surface area contributed by atoms with Crippen LogP contribution in [-0.4, -0.2) is 17.0 Å². The van der Waals surface area contributed by atoms with Gasteiger partial charge in [0.2, 0.25) is 0 Å². The topological polar surface area (TPSA) is 55.5 Å². The average Bonchev–Trinajstić information content (AvgIpc) is 3.11. The first-order chi connectivity index (χ1) is 12.6. The fourth-order valence-corrected chi connectivity index (χ4v) is 3.52. The van der Waals surface area contributed by atoms with Crippen molar-refractivity contribution in [3.8, 4) is 0 Å². The molecule has 0 saturated heterocycles. The van der Waals surface area contributed by atoms with Gasteiger partial charge in [0, 0.05) is 18.8 Å². The van der Waals surface area contributed by atoms with Gasteiger partial charge >= 0.3 is 0 Å². The van der Waals surface area contributed by atoms with E-state index < -0.39 is 0 Å². The van der Waals surface area contributed by atoms with Gasteiger partial charge in [-0.25, -0.2) is 0 Å². The highest BCUT2D eigenvalue weighted by Crippen LogP contribution is 2.31. The van der Waals surface area contributed by atoms with Crippen molar-refractivity contribution >= 4 is 11.6 Å². The molecule has 0 bridgehead atoms. The van der Waals surface area contributed by atoms with Gasteiger partial charge in [0.1, 0.15) is 5.76 Å². The number of hydrogen-bond donors (Lipinski definition) is 0. The first kappa shape index (κ1) is 16.4. The van der Waals surface area contributed by atoms with E-state index in [9.17, 15) is 9.59 Å². The highest BCUT2D eigenvalue weighted by Gasteiger charge is 2.26. The van der Waals surface area contributed by atoms with Crippen LogP contribution in [0.25, 0.3) is 0 Å². The van der Waals surface area contributed by atoms with Crippen LogP contribution in [0.3, 0.4) is 0 Å². The zero-order chi connectivity index (χ0) is 18.1. The number of benzene rings is 1.